The fourth-order valence-electron chi connectivity index (χ4n) is 3.08. The summed E-state index contributed by atoms with van der Waals surface area (Å²) in [6.45, 7) is 13.1. The van der Waals surface area contributed by atoms with Crippen molar-refractivity contribution in [3.63, 3.8) is 0 Å². The van der Waals surface area contributed by atoms with Crippen LogP contribution in [0.3, 0.4) is 0 Å². The molecule has 1 aliphatic heterocycles. The number of methoxy groups -OCH3 is 2. The Labute approximate surface area is 195 Å². The van der Waals surface area contributed by atoms with Gasteiger partial charge in [-0.05, 0) is 72.1 Å². The number of ether oxygens (including phenoxy) is 3. The Bertz CT molecular complexity index is 892. The van der Waals surface area contributed by atoms with Crippen LogP contribution >= 0.6 is 0 Å². The predicted octanol–water partition coefficient (Wildman–Crippen LogP) is 3.94. The maximum Gasteiger partial charge on any atom is 0.492 e. The van der Waals surface area contributed by atoms with Crippen LogP contribution in [-0.4, -0.2) is 61.9 Å². The zero-order valence-corrected chi connectivity index (χ0v) is 20.8. The number of rotatable bonds is 7. The molecule has 1 aromatic carbocycles. The maximum atomic E-state index is 12.3. The van der Waals surface area contributed by atoms with Gasteiger partial charge in [-0.15, -0.1) is 0 Å². The van der Waals surface area contributed by atoms with Crippen LogP contribution in [0, 0.1) is 0 Å². The van der Waals surface area contributed by atoms with Gasteiger partial charge in [-0.2, -0.15) is 0 Å². The lowest BCUT2D eigenvalue weighted by atomic mass is 9.76. The molecule has 0 unspecified atom stereocenters. The largest absolute Gasteiger partial charge is 0.496 e. The van der Waals surface area contributed by atoms with Gasteiger partial charge in [0.25, 0.3) is 0 Å². The monoisotopic (exact) mass is 463 g/mol. The van der Waals surface area contributed by atoms with E-state index in [0.717, 1.165) is 0 Å². The SMILES string of the molecule is COc1cc(C(=O)O)cc(OC)c1C=C(CNC(=O)OC(C)(C)C)B1OC(C)(C)C(C)(C)O1. The molecule has 0 aromatic heterocycles. The van der Waals surface area contributed by atoms with Gasteiger partial charge in [0.1, 0.15) is 17.1 Å². The molecule has 0 aliphatic carbocycles. The van der Waals surface area contributed by atoms with Crippen molar-refractivity contribution in [2.24, 2.45) is 0 Å². The number of benzene rings is 1. The lowest BCUT2D eigenvalue weighted by Gasteiger charge is -2.32. The molecule has 2 rings (SSSR count). The summed E-state index contributed by atoms with van der Waals surface area (Å²) in [5, 5.41) is 12.1. The zero-order chi connectivity index (χ0) is 25.2. The first-order valence-corrected chi connectivity index (χ1v) is 10.6. The van der Waals surface area contributed by atoms with Gasteiger partial charge in [0.15, 0.2) is 0 Å². The van der Waals surface area contributed by atoms with Crippen molar-refractivity contribution in [1.82, 2.24) is 5.32 Å². The van der Waals surface area contributed by atoms with E-state index < -0.39 is 36.0 Å². The molecule has 1 aromatic rings. The van der Waals surface area contributed by atoms with Crippen LogP contribution in [0.5, 0.6) is 11.5 Å². The van der Waals surface area contributed by atoms with Gasteiger partial charge >= 0.3 is 19.2 Å². The van der Waals surface area contributed by atoms with Crippen molar-refractivity contribution in [3.05, 3.63) is 28.7 Å². The summed E-state index contributed by atoms with van der Waals surface area (Å²) in [6.07, 6.45) is 1.12. The predicted molar refractivity (Wildman–Crippen MR) is 125 cm³/mol. The van der Waals surface area contributed by atoms with E-state index in [4.69, 9.17) is 23.5 Å². The number of amides is 1. The summed E-state index contributed by atoms with van der Waals surface area (Å²) in [5.74, 6) is -0.532. The average Bonchev–Trinajstić information content (AvgIpc) is 2.90. The molecule has 182 valence electrons. The fraction of sp³-hybridized carbons (Fsp3) is 0.565. The number of carboxylic acid groups (broad SMARTS) is 1. The molecule has 0 saturated carbocycles. The lowest BCUT2D eigenvalue weighted by molar-refractivity contribution is 0.00578. The van der Waals surface area contributed by atoms with Crippen molar-refractivity contribution in [2.75, 3.05) is 20.8 Å². The second-order valence-corrected chi connectivity index (χ2v) is 9.76. The number of carbonyl (C=O) groups is 2. The first-order valence-electron chi connectivity index (χ1n) is 10.6. The van der Waals surface area contributed by atoms with E-state index in [-0.39, 0.29) is 23.6 Å². The van der Waals surface area contributed by atoms with E-state index in [1.807, 2.05) is 27.7 Å². The third-order valence-electron chi connectivity index (χ3n) is 5.51. The van der Waals surface area contributed by atoms with E-state index in [1.54, 1.807) is 26.8 Å². The summed E-state index contributed by atoms with van der Waals surface area (Å²) >= 11 is 0. The van der Waals surface area contributed by atoms with Crippen molar-refractivity contribution in [2.45, 2.75) is 65.3 Å². The first kappa shape index (κ1) is 26.5. The third-order valence-corrected chi connectivity index (χ3v) is 5.51. The molecule has 1 heterocycles. The number of nitrogens with one attached hydrogen (secondary N) is 1. The molecule has 1 fully saturated rings. The van der Waals surface area contributed by atoms with Crippen molar-refractivity contribution in [3.8, 4) is 11.5 Å². The number of hydrogen-bond donors (Lipinski definition) is 2. The summed E-state index contributed by atoms with van der Waals surface area (Å²) in [5.41, 5.74) is -0.796. The number of alkyl carbamates (subject to hydrolysis) is 1. The molecular formula is C23H34BNO8. The van der Waals surface area contributed by atoms with Gasteiger partial charge in [-0.1, -0.05) is 0 Å². The molecule has 10 heteroatoms. The Hall–Kier alpha value is -2.72. The standard InChI is InChI=1S/C23H34BNO8/c1-21(2,3)31-20(28)25-13-15(24-32-22(4,5)23(6,7)33-24)12-16-17(29-8)10-14(19(26)27)11-18(16)30-9/h10-12H,13H2,1-9H3,(H,25,28)(H,26,27). The molecule has 33 heavy (non-hydrogen) atoms. The Morgan fingerprint density at radius 1 is 1.06 bits per heavy atom. The highest BCUT2D eigenvalue weighted by molar-refractivity contribution is 6.56. The summed E-state index contributed by atoms with van der Waals surface area (Å²) < 4.78 is 28.6. The van der Waals surface area contributed by atoms with Crippen LogP contribution in [0.15, 0.2) is 17.6 Å². The maximum absolute atomic E-state index is 12.3. The van der Waals surface area contributed by atoms with Crippen LogP contribution in [-0.2, 0) is 14.0 Å². The van der Waals surface area contributed by atoms with Crippen LogP contribution in [0.2, 0.25) is 0 Å². The first-order chi connectivity index (χ1) is 15.1. The van der Waals surface area contributed by atoms with E-state index in [9.17, 15) is 14.7 Å². The van der Waals surface area contributed by atoms with Gasteiger partial charge in [0.05, 0.1) is 36.5 Å². The normalized spacial score (nSPS) is 17.5. The van der Waals surface area contributed by atoms with Gasteiger partial charge in [0, 0.05) is 6.54 Å². The number of aromatic carboxylic acids is 1. The van der Waals surface area contributed by atoms with E-state index in [1.165, 1.54) is 26.4 Å². The second kappa shape index (κ2) is 9.65. The fourth-order valence-corrected chi connectivity index (χ4v) is 3.08. The van der Waals surface area contributed by atoms with Gasteiger partial charge in [-0.3, -0.25) is 0 Å². The Kier molecular flexibility index (Phi) is 7.76. The summed E-state index contributed by atoms with van der Waals surface area (Å²) in [4.78, 5) is 23.8. The van der Waals surface area contributed by atoms with Crippen molar-refractivity contribution >= 4 is 25.3 Å². The molecule has 1 saturated heterocycles. The van der Waals surface area contributed by atoms with E-state index in [2.05, 4.69) is 5.32 Å². The van der Waals surface area contributed by atoms with Crippen LogP contribution < -0.4 is 14.8 Å². The molecular weight excluding hydrogens is 429 g/mol. The number of carbonyl (C=O) groups excluding carboxylic acids is 1. The second-order valence-electron chi connectivity index (χ2n) is 9.76. The molecule has 2 N–H and O–H groups in total. The molecule has 9 nitrogen and oxygen atoms in total. The summed E-state index contributed by atoms with van der Waals surface area (Å²) in [7, 11) is 2.09. The lowest BCUT2D eigenvalue weighted by Crippen LogP contribution is -2.41. The van der Waals surface area contributed by atoms with E-state index >= 15 is 0 Å². The van der Waals surface area contributed by atoms with Crippen LogP contribution in [0.4, 0.5) is 4.79 Å². The molecule has 0 atom stereocenters. The summed E-state index contributed by atoms with van der Waals surface area (Å²) in [6, 6.07) is 2.81. The topological polar surface area (TPSA) is 113 Å². The van der Waals surface area contributed by atoms with Gasteiger partial charge in [0.2, 0.25) is 0 Å². The molecule has 0 radical (unpaired) electrons. The van der Waals surface area contributed by atoms with E-state index in [0.29, 0.717) is 11.0 Å². The molecule has 1 amide bonds. The molecule has 1 aliphatic rings. The number of carboxylic acids is 1. The Balaban J connectivity index is 2.51. The van der Waals surface area contributed by atoms with Crippen molar-refractivity contribution < 1.29 is 38.2 Å². The highest BCUT2D eigenvalue weighted by Crippen LogP contribution is 2.40. The van der Waals surface area contributed by atoms with Crippen molar-refractivity contribution in [1.29, 1.82) is 0 Å². The quantitative estimate of drug-likeness (QED) is 0.585. The Morgan fingerprint density at radius 2 is 1.55 bits per heavy atom. The highest BCUT2D eigenvalue weighted by Gasteiger charge is 2.52. The smallest absolute Gasteiger partial charge is 0.492 e. The molecule has 0 spiro atoms. The van der Waals surface area contributed by atoms with Gasteiger partial charge < -0.3 is 33.9 Å². The number of hydrogen-bond acceptors (Lipinski definition) is 7. The highest BCUT2D eigenvalue weighted by atomic mass is 16.7. The van der Waals surface area contributed by atoms with Crippen LogP contribution in [0.25, 0.3) is 6.08 Å². The minimum absolute atomic E-state index is 0.0184. The average molecular weight is 463 g/mol. The molecule has 0 bridgehead atoms. The van der Waals surface area contributed by atoms with Crippen LogP contribution in [0.1, 0.15) is 64.4 Å². The van der Waals surface area contributed by atoms with Gasteiger partial charge in [-0.25, -0.2) is 9.59 Å². The minimum Gasteiger partial charge on any atom is -0.496 e. The third kappa shape index (κ3) is 6.42. The minimum atomic E-state index is -1.11. The zero-order valence-electron chi connectivity index (χ0n) is 20.8. The Morgan fingerprint density at radius 3 is 1.94 bits per heavy atom.